The second-order valence-electron chi connectivity index (χ2n) is 6.84. The van der Waals surface area contributed by atoms with Crippen LogP contribution < -0.4 is 0 Å². The fourth-order valence-corrected chi connectivity index (χ4v) is 3.49. The number of hydrogen-bond donors (Lipinski definition) is 0. The van der Waals surface area contributed by atoms with Crippen molar-refractivity contribution in [3.05, 3.63) is 72.2 Å². The minimum absolute atomic E-state index is 0.0610. The van der Waals surface area contributed by atoms with Gasteiger partial charge < -0.3 is 14.0 Å². The smallest absolute Gasteiger partial charge is 0.254 e. The molecule has 3 aromatic rings. The highest BCUT2D eigenvalue weighted by Crippen LogP contribution is 2.20. The molecule has 0 atom stereocenters. The van der Waals surface area contributed by atoms with E-state index in [1.165, 1.54) is 0 Å². The van der Waals surface area contributed by atoms with E-state index in [0.717, 1.165) is 43.8 Å². The van der Waals surface area contributed by atoms with Crippen molar-refractivity contribution < 1.29 is 9.53 Å². The Labute approximate surface area is 153 Å². The number of ether oxygens (including phenoxy) is 1. The van der Waals surface area contributed by atoms with E-state index in [4.69, 9.17) is 4.74 Å². The van der Waals surface area contributed by atoms with Gasteiger partial charge in [0.15, 0.2) is 0 Å². The quantitative estimate of drug-likeness (QED) is 0.709. The standard InChI is InChI=1S/C21H23N3O2/c25-21(19-6-10-23-11-9-22-20(23)14-19)24(15-17-4-2-1-3-5-17)16-18-7-12-26-13-8-18/h1-6,9-11,14,18H,7-8,12-13,15-16H2. The van der Waals surface area contributed by atoms with Crippen LogP contribution in [0.15, 0.2) is 61.1 Å². The Kier molecular flexibility index (Phi) is 4.97. The van der Waals surface area contributed by atoms with Crippen molar-refractivity contribution in [3.8, 4) is 0 Å². The normalized spacial score (nSPS) is 15.2. The van der Waals surface area contributed by atoms with Gasteiger partial charge in [-0.1, -0.05) is 30.3 Å². The molecule has 2 aromatic heterocycles. The Balaban J connectivity index is 1.58. The molecule has 0 radical (unpaired) electrons. The van der Waals surface area contributed by atoms with Crippen LogP contribution >= 0.6 is 0 Å². The Morgan fingerprint density at radius 3 is 2.77 bits per heavy atom. The van der Waals surface area contributed by atoms with E-state index in [0.29, 0.717) is 18.0 Å². The van der Waals surface area contributed by atoms with Crippen LogP contribution in [0.25, 0.3) is 5.65 Å². The van der Waals surface area contributed by atoms with Gasteiger partial charge in [0.1, 0.15) is 5.65 Å². The summed E-state index contributed by atoms with van der Waals surface area (Å²) in [5.41, 5.74) is 2.63. The van der Waals surface area contributed by atoms with Crippen molar-refractivity contribution >= 4 is 11.6 Å². The van der Waals surface area contributed by atoms with E-state index < -0.39 is 0 Å². The molecule has 26 heavy (non-hydrogen) atoms. The lowest BCUT2D eigenvalue weighted by atomic mass is 9.99. The first-order chi connectivity index (χ1) is 12.8. The number of imidazole rings is 1. The summed E-state index contributed by atoms with van der Waals surface area (Å²) < 4.78 is 7.38. The number of fused-ring (bicyclic) bond motifs is 1. The molecule has 1 amide bonds. The Morgan fingerprint density at radius 1 is 1.15 bits per heavy atom. The lowest BCUT2D eigenvalue weighted by Crippen LogP contribution is -2.36. The summed E-state index contributed by atoms with van der Waals surface area (Å²) in [6, 6.07) is 13.9. The summed E-state index contributed by atoms with van der Waals surface area (Å²) in [4.78, 5) is 19.5. The first-order valence-corrected chi connectivity index (χ1v) is 9.13. The molecule has 1 fully saturated rings. The number of hydrogen-bond acceptors (Lipinski definition) is 3. The van der Waals surface area contributed by atoms with Gasteiger partial charge in [0.25, 0.3) is 5.91 Å². The third kappa shape index (κ3) is 3.78. The number of nitrogens with zero attached hydrogens (tertiary/aromatic N) is 3. The van der Waals surface area contributed by atoms with Gasteiger partial charge in [-0.05, 0) is 36.5 Å². The van der Waals surface area contributed by atoms with Gasteiger partial charge in [-0.2, -0.15) is 0 Å². The zero-order valence-corrected chi connectivity index (χ0v) is 14.8. The van der Waals surface area contributed by atoms with E-state index in [2.05, 4.69) is 17.1 Å². The maximum absolute atomic E-state index is 13.2. The molecule has 0 unspecified atom stereocenters. The summed E-state index contributed by atoms with van der Waals surface area (Å²) >= 11 is 0. The van der Waals surface area contributed by atoms with Crippen LogP contribution in [-0.2, 0) is 11.3 Å². The molecule has 3 heterocycles. The highest BCUT2D eigenvalue weighted by molar-refractivity contribution is 5.95. The molecule has 0 spiro atoms. The van der Waals surface area contributed by atoms with Gasteiger partial charge >= 0.3 is 0 Å². The summed E-state index contributed by atoms with van der Waals surface area (Å²) in [5.74, 6) is 0.553. The lowest BCUT2D eigenvalue weighted by molar-refractivity contribution is 0.0446. The van der Waals surface area contributed by atoms with Crippen molar-refractivity contribution in [2.75, 3.05) is 19.8 Å². The van der Waals surface area contributed by atoms with Crippen LogP contribution in [0, 0.1) is 5.92 Å². The molecule has 134 valence electrons. The van der Waals surface area contributed by atoms with Crippen LogP contribution in [0.5, 0.6) is 0 Å². The maximum Gasteiger partial charge on any atom is 0.254 e. The second-order valence-corrected chi connectivity index (χ2v) is 6.84. The number of amides is 1. The molecule has 5 heteroatoms. The second kappa shape index (κ2) is 7.70. The molecular formula is C21H23N3O2. The molecule has 0 saturated carbocycles. The van der Waals surface area contributed by atoms with Crippen molar-refractivity contribution in [2.24, 2.45) is 5.92 Å². The molecule has 0 bridgehead atoms. The highest BCUT2D eigenvalue weighted by Gasteiger charge is 2.22. The van der Waals surface area contributed by atoms with Crippen LogP contribution in [0.4, 0.5) is 0 Å². The van der Waals surface area contributed by atoms with E-state index in [-0.39, 0.29) is 5.91 Å². The van der Waals surface area contributed by atoms with Gasteiger partial charge in [0, 0.05) is 50.5 Å². The van der Waals surface area contributed by atoms with E-state index in [1.807, 2.05) is 52.0 Å². The Bertz CT molecular complexity index is 869. The number of aromatic nitrogens is 2. The third-order valence-corrected chi connectivity index (χ3v) is 4.97. The monoisotopic (exact) mass is 349 g/mol. The predicted molar refractivity (Wildman–Crippen MR) is 99.9 cm³/mol. The van der Waals surface area contributed by atoms with Crippen molar-refractivity contribution in [3.63, 3.8) is 0 Å². The van der Waals surface area contributed by atoms with E-state index >= 15 is 0 Å². The van der Waals surface area contributed by atoms with E-state index in [1.54, 1.807) is 6.20 Å². The van der Waals surface area contributed by atoms with Gasteiger partial charge in [-0.15, -0.1) is 0 Å². The first-order valence-electron chi connectivity index (χ1n) is 9.13. The van der Waals surface area contributed by atoms with Crippen molar-refractivity contribution in [1.29, 1.82) is 0 Å². The van der Waals surface area contributed by atoms with Gasteiger partial charge in [-0.25, -0.2) is 4.98 Å². The summed E-state index contributed by atoms with van der Waals surface area (Å²) in [6.45, 7) is 2.96. The fraction of sp³-hybridized carbons (Fsp3) is 0.333. The van der Waals surface area contributed by atoms with Crippen molar-refractivity contribution in [1.82, 2.24) is 14.3 Å². The zero-order valence-electron chi connectivity index (χ0n) is 14.8. The third-order valence-electron chi connectivity index (χ3n) is 4.97. The zero-order chi connectivity index (χ0) is 17.8. The number of benzene rings is 1. The molecule has 1 aliphatic rings. The minimum Gasteiger partial charge on any atom is -0.381 e. The van der Waals surface area contributed by atoms with Gasteiger partial charge in [0.2, 0.25) is 0 Å². The van der Waals surface area contributed by atoms with Crippen LogP contribution in [0.3, 0.4) is 0 Å². The summed E-state index contributed by atoms with van der Waals surface area (Å²) in [7, 11) is 0. The largest absolute Gasteiger partial charge is 0.381 e. The fourth-order valence-electron chi connectivity index (χ4n) is 3.49. The van der Waals surface area contributed by atoms with Gasteiger partial charge in [0.05, 0.1) is 0 Å². The summed E-state index contributed by atoms with van der Waals surface area (Å²) in [5, 5.41) is 0. The molecule has 5 nitrogen and oxygen atoms in total. The van der Waals surface area contributed by atoms with Crippen LogP contribution in [-0.4, -0.2) is 40.0 Å². The lowest BCUT2D eigenvalue weighted by Gasteiger charge is -2.30. The SMILES string of the molecule is O=C(c1ccn2ccnc2c1)N(Cc1ccccc1)CC1CCOCC1. The Hall–Kier alpha value is -2.66. The van der Waals surface area contributed by atoms with Crippen molar-refractivity contribution in [2.45, 2.75) is 19.4 Å². The van der Waals surface area contributed by atoms with E-state index in [9.17, 15) is 4.79 Å². The number of pyridine rings is 1. The molecule has 4 rings (SSSR count). The summed E-state index contributed by atoms with van der Waals surface area (Å²) in [6.07, 6.45) is 7.54. The first kappa shape index (κ1) is 16.8. The molecule has 0 N–H and O–H groups in total. The Morgan fingerprint density at radius 2 is 1.96 bits per heavy atom. The molecule has 1 aromatic carbocycles. The minimum atomic E-state index is 0.0610. The topological polar surface area (TPSA) is 46.8 Å². The molecular weight excluding hydrogens is 326 g/mol. The molecule has 0 aliphatic carbocycles. The highest BCUT2D eigenvalue weighted by atomic mass is 16.5. The van der Waals surface area contributed by atoms with Crippen LogP contribution in [0.1, 0.15) is 28.8 Å². The number of carbonyl (C=O) groups excluding carboxylic acids is 1. The van der Waals surface area contributed by atoms with Crippen LogP contribution in [0.2, 0.25) is 0 Å². The number of carbonyl (C=O) groups is 1. The number of rotatable bonds is 5. The van der Waals surface area contributed by atoms with Gasteiger partial charge in [-0.3, -0.25) is 4.79 Å². The molecule has 1 saturated heterocycles. The average Bonchev–Trinajstić information content (AvgIpc) is 3.16. The maximum atomic E-state index is 13.2. The average molecular weight is 349 g/mol. The predicted octanol–water partition coefficient (Wildman–Crippen LogP) is 3.40. The molecule has 1 aliphatic heterocycles.